The summed E-state index contributed by atoms with van der Waals surface area (Å²) in [6.07, 6.45) is 0.240. The largest absolute Gasteiger partial charge is 0.460 e. The number of hydrogen-bond donors (Lipinski definition) is 1. The Labute approximate surface area is 197 Å². The molecule has 0 saturated heterocycles. The van der Waals surface area contributed by atoms with Crippen LogP contribution in [-0.2, 0) is 27.1 Å². The molecule has 4 rings (SSSR count). The SMILES string of the molecule is O=C(OCc1ccccc1)[C@H](Cc1ccccc1)NP(=O)(Cl)Oc1cccc2ccccc12. The summed E-state index contributed by atoms with van der Waals surface area (Å²) in [5.74, 6) is -0.194. The summed E-state index contributed by atoms with van der Waals surface area (Å²) in [5.41, 5.74) is 1.72. The second-order valence-electron chi connectivity index (χ2n) is 7.51. The molecule has 0 heterocycles. The molecule has 0 amide bonds. The van der Waals surface area contributed by atoms with E-state index in [1.54, 1.807) is 12.1 Å². The molecular formula is C26H23ClNO4P. The number of benzene rings is 4. The summed E-state index contributed by atoms with van der Waals surface area (Å²) in [4.78, 5) is 12.9. The molecule has 0 aliphatic rings. The van der Waals surface area contributed by atoms with Crippen LogP contribution in [0.3, 0.4) is 0 Å². The minimum absolute atomic E-state index is 0.101. The Bertz CT molecular complexity index is 1260. The van der Waals surface area contributed by atoms with Crippen molar-refractivity contribution in [3.8, 4) is 5.75 Å². The number of halogens is 1. The lowest BCUT2D eigenvalue weighted by Crippen LogP contribution is -2.38. The molecule has 168 valence electrons. The van der Waals surface area contributed by atoms with Crippen LogP contribution in [0.5, 0.6) is 5.75 Å². The molecule has 0 aliphatic heterocycles. The predicted molar refractivity (Wildman–Crippen MR) is 131 cm³/mol. The third-order valence-corrected chi connectivity index (χ3v) is 6.62. The van der Waals surface area contributed by atoms with E-state index in [2.05, 4.69) is 5.09 Å². The van der Waals surface area contributed by atoms with E-state index < -0.39 is 18.9 Å². The van der Waals surface area contributed by atoms with Crippen molar-refractivity contribution < 1.29 is 18.6 Å². The van der Waals surface area contributed by atoms with Gasteiger partial charge in [0.2, 0.25) is 0 Å². The Kier molecular flexibility index (Phi) is 7.46. The minimum Gasteiger partial charge on any atom is -0.460 e. The smallest absolute Gasteiger partial charge is 0.409 e. The van der Waals surface area contributed by atoms with E-state index >= 15 is 0 Å². The van der Waals surface area contributed by atoms with Gasteiger partial charge in [-0.1, -0.05) is 97.1 Å². The average molecular weight is 480 g/mol. The van der Waals surface area contributed by atoms with Crippen molar-refractivity contribution in [2.45, 2.75) is 19.1 Å². The molecule has 7 heteroatoms. The first-order chi connectivity index (χ1) is 16.0. The van der Waals surface area contributed by atoms with Gasteiger partial charge >= 0.3 is 12.8 Å². The van der Waals surface area contributed by atoms with E-state index in [9.17, 15) is 9.36 Å². The topological polar surface area (TPSA) is 64.6 Å². The molecule has 0 bridgehead atoms. The molecule has 0 fully saturated rings. The molecule has 0 aromatic heterocycles. The summed E-state index contributed by atoms with van der Waals surface area (Å²) in [7, 11) is 0. The maximum absolute atomic E-state index is 13.2. The normalized spacial score (nSPS) is 13.7. The van der Waals surface area contributed by atoms with Gasteiger partial charge in [0.15, 0.2) is 0 Å². The van der Waals surface area contributed by atoms with Gasteiger partial charge in [-0.3, -0.25) is 4.79 Å². The number of ether oxygens (including phenoxy) is 1. The fourth-order valence-electron chi connectivity index (χ4n) is 3.48. The number of esters is 1. The molecule has 5 nitrogen and oxygen atoms in total. The molecule has 33 heavy (non-hydrogen) atoms. The Hall–Kier alpha value is -3.11. The van der Waals surface area contributed by atoms with Crippen molar-refractivity contribution >= 4 is 34.9 Å². The number of fused-ring (bicyclic) bond motifs is 1. The van der Waals surface area contributed by atoms with E-state index in [4.69, 9.17) is 20.5 Å². The number of hydrogen-bond acceptors (Lipinski definition) is 4. The van der Waals surface area contributed by atoms with Crippen LogP contribution in [-0.4, -0.2) is 12.0 Å². The van der Waals surface area contributed by atoms with Crippen LogP contribution in [0.15, 0.2) is 103 Å². The quantitative estimate of drug-likeness (QED) is 0.219. The molecule has 0 spiro atoms. The van der Waals surface area contributed by atoms with Crippen molar-refractivity contribution in [1.82, 2.24) is 5.09 Å². The highest BCUT2D eigenvalue weighted by atomic mass is 35.7. The van der Waals surface area contributed by atoms with Crippen LogP contribution >= 0.6 is 18.1 Å². The fourth-order valence-corrected chi connectivity index (χ4v) is 5.09. The van der Waals surface area contributed by atoms with Crippen LogP contribution in [0, 0.1) is 0 Å². The van der Waals surface area contributed by atoms with Gasteiger partial charge in [-0.15, -0.1) is 0 Å². The van der Waals surface area contributed by atoms with E-state index in [1.807, 2.05) is 91.0 Å². The van der Waals surface area contributed by atoms with E-state index in [0.29, 0.717) is 5.75 Å². The summed E-state index contributed by atoms with van der Waals surface area (Å²) in [6.45, 7) is -3.84. The zero-order valence-corrected chi connectivity index (χ0v) is 19.4. The average Bonchev–Trinajstić information content (AvgIpc) is 2.83. The molecule has 0 aliphatic carbocycles. The molecule has 0 saturated carbocycles. The second-order valence-corrected chi connectivity index (χ2v) is 10.2. The van der Waals surface area contributed by atoms with Gasteiger partial charge in [-0.05, 0) is 29.0 Å². The molecule has 2 atom stereocenters. The van der Waals surface area contributed by atoms with Crippen molar-refractivity contribution in [2.75, 3.05) is 0 Å². The minimum atomic E-state index is -3.94. The highest BCUT2D eigenvalue weighted by molar-refractivity contribution is 7.84. The first kappa shape index (κ1) is 23.1. The number of rotatable bonds is 9. The van der Waals surface area contributed by atoms with Gasteiger partial charge in [-0.25, -0.2) is 9.65 Å². The summed E-state index contributed by atoms with van der Waals surface area (Å²) < 4.78 is 24.4. The van der Waals surface area contributed by atoms with E-state index in [0.717, 1.165) is 21.9 Å². The van der Waals surface area contributed by atoms with Crippen molar-refractivity contribution in [3.63, 3.8) is 0 Å². The standard InChI is InChI=1S/C26H23ClNO4P/c27-33(30,32-25-17-9-15-22-14-7-8-16-23(22)25)28-24(18-20-10-3-1-4-11-20)26(29)31-19-21-12-5-2-6-13-21/h1-17,24H,18-19H2,(H,28,30)/t24-,33?/m0/s1. The molecule has 4 aromatic carbocycles. The maximum atomic E-state index is 13.2. The first-order valence-electron chi connectivity index (χ1n) is 10.5. The third kappa shape index (κ3) is 6.45. The van der Waals surface area contributed by atoms with Gasteiger partial charge in [-0.2, -0.15) is 0 Å². The van der Waals surface area contributed by atoms with Crippen molar-refractivity contribution in [2.24, 2.45) is 0 Å². The maximum Gasteiger partial charge on any atom is 0.409 e. The van der Waals surface area contributed by atoms with Crippen molar-refractivity contribution in [3.05, 3.63) is 114 Å². The Balaban J connectivity index is 1.52. The van der Waals surface area contributed by atoms with E-state index in [-0.39, 0.29) is 13.0 Å². The fraction of sp³-hybridized carbons (Fsp3) is 0.115. The van der Waals surface area contributed by atoms with Crippen LogP contribution in [0.2, 0.25) is 0 Å². The highest BCUT2D eigenvalue weighted by Crippen LogP contribution is 2.50. The monoisotopic (exact) mass is 479 g/mol. The Morgan fingerprint density at radius 2 is 1.42 bits per heavy atom. The summed E-state index contributed by atoms with van der Waals surface area (Å²) in [5, 5.41) is 4.41. The van der Waals surface area contributed by atoms with E-state index in [1.165, 1.54) is 0 Å². The number of carbonyl (C=O) groups excluding carboxylic acids is 1. The lowest BCUT2D eigenvalue weighted by atomic mass is 10.1. The molecule has 1 N–H and O–H groups in total. The molecule has 0 radical (unpaired) electrons. The van der Waals surface area contributed by atoms with Crippen molar-refractivity contribution in [1.29, 1.82) is 0 Å². The lowest BCUT2D eigenvalue weighted by molar-refractivity contribution is -0.147. The second kappa shape index (κ2) is 10.7. The first-order valence-corrected chi connectivity index (χ1v) is 13.0. The lowest BCUT2D eigenvalue weighted by Gasteiger charge is -2.22. The molecular weight excluding hydrogens is 457 g/mol. The van der Waals surface area contributed by atoms with Crippen LogP contribution in [0.4, 0.5) is 0 Å². The van der Waals surface area contributed by atoms with Gasteiger partial charge < -0.3 is 9.26 Å². The van der Waals surface area contributed by atoms with Gasteiger partial charge in [0, 0.05) is 16.6 Å². The van der Waals surface area contributed by atoms with Crippen LogP contribution in [0.25, 0.3) is 10.8 Å². The van der Waals surface area contributed by atoms with Gasteiger partial charge in [0.25, 0.3) is 0 Å². The Morgan fingerprint density at radius 3 is 2.15 bits per heavy atom. The summed E-state index contributed by atoms with van der Waals surface area (Å²) >= 11 is 6.31. The highest BCUT2D eigenvalue weighted by Gasteiger charge is 2.31. The Morgan fingerprint density at radius 1 is 0.818 bits per heavy atom. The molecule has 4 aromatic rings. The molecule has 1 unspecified atom stereocenters. The van der Waals surface area contributed by atoms with Crippen LogP contribution < -0.4 is 9.61 Å². The van der Waals surface area contributed by atoms with Crippen LogP contribution in [0.1, 0.15) is 11.1 Å². The van der Waals surface area contributed by atoms with Gasteiger partial charge in [0.05, 0.1) is 0 Å². The zero-order valence-electron chi connectivity index (χ0n) is 17.8. The zero-order chi connectivity index (χ0) is 23.1. The third-order valence-electron chi connectivity index (χ3n) is 5.07. The summed E-state index contributed by atoms with van der Waals surface area (Å²) in [6, 6.07) is 30.7. The predicted octanol–water partition coefficient (Wildman–Crippen LogP) is 6.51. The number of carbonyl (C=O) groups is 1. The van der Waals surface area contributed by atoms with Gasteiger partial charge in [0.1, 0.15) is 18.4 Å². The number of nitrogens with one attached hydrogen (secondary N) is 1.